The topological polar surface area (TPSA) is 93.9 Å². The molecule has 34 heavy (non-hydrogen) atoms. The Bertz CT molecular complexity index is 1410. The Morgan fingerprint density at radius 3 is 2.12 bits per heavy atom. The summed E-state index contributed by atoms with van der Waals surface area (Å²) in [6.07, 6.45) is 1.65. The molecule has 0 unspecified atom stereocenters. The molecule has 6 nitrogen and oxygen atoms in total. The lowest BCUT2D eigenvalue weighted by atomic mass is 9.86. The third-order valence-electron chi connectivity index (χ3n) is 5.46. The Balaban J connectivity index is 1.49. The van der Waals surface area contributed by atoms with Crippen LogP contribution in [0.25, 0.3) is 22.4 Å². The van der Waals surface area contributed by atoms with E-state index in [1.807, 2.05) is 48.5 Å². The lowest BCUT2D eigenvalue weighted by Gasteiger charge is -2.19. The molecule has 1 aromatic heterocycles. The summed E-state index contributed by atoms with van der Waals surface area (Å²) in [5, 5.41) is 13.6. The number of anilines is 1. The van der Waals surface area contributed by atoms with E-state index in [4.69, 9.17) is 0 Å². The van der Waals surface area contributed by atoms with Gasteiger partial charge in [0.05, 0.1) is 11.9 Å². The van der Waals surface area contributed by atoms with E-state index in [2.05, 4.69) is 65.5 Å². The van der Waals surface area contributed by atoms with Gasteiger partial charge in [-0.1, -0.05) is 99.6 Å². The second-order valence-corrected chi connectivity index (χ2v) is 8.94. The van der Waals surface area contributed by atoms with Crippen LogP contribution in [0.4, 0.5) is 5.95 Å². The Hall–Kier alpha value is -4.50. The van der Waals surface area contributed by atoms with Crippen LogP contribution in [0.3, 0.4) is 0 Å². The first-order chi connectivity index (χ1) is 16.3. The molecule has 0 amide bonds. The number of H-pyrrole nitrogens is 1. The number of rotatable bonds is 5. The highest BCUT2D eigenvalue weighted by Crippen LogP contribution is 2.26. The zero-order valence-electron chi connectivity index (χ0n) is 19.3. The molecule has 0 fully saturated rings. The lowest BCUT2D eigenvalue weighted by Crippen LogP contribution is -2.16. The molecular formula is C28H25N5O. The molecule has 0 aliphatic heterocycles. The Kier molecular flexibility index (Phi) is 6.37. The van der Waals surface area contributed by atoms with E-state index in [0.717, 1.165) is 16.7 Å². The largest absolute Gasteiger partial charge is 0.290 e. The monoisotopic (exact) mass is 447 g/mol. The van der Waals surface area contributed by atoms with Gasteiger partial charge in [-0.25, -0.2) is 10.4 Å². The third kappa shape index (κ3) is 5.11. The SMILES string of the molecule is CC(C)(C)c1ccc(-c2ccc(C=NNc3nc(-c4ccccc4)c(C#N)c(=O)[nH]3)cc2)cc1. The molecule has 0 radical (unpaired) electrons. The highest BCUT2D eigenvalue weighted by molar-refractivity contribution is 5.81. The maximum Gasteiger partial charge on any atom is 0.270 e. The molecule has 2 N–H and O–H groups in total. The number of aromatic nitrogens is 2. The smallest absolute Gasteiger partial charge is 0.270 e. The number of aromatic amines is 1. The maximum absolute atomic E-state index is 12.3. The number of hydrogen-bond donors (Lipinski definition) is 2. The van der Waals surface area contributed by atoms with Crippen molar-refractivity contribution in [3.05, 3.63) is 106 Å². The van der Waals surface area contributed by atoms with Gasteiger partial charge < -0.3 is 0 Å². The fraction of sp³-hybridized carbons (Fsp3) is 0.143. The second-order valence-electron chi connectivity index (χ2n) is 8.94. The summed E-state index contributed by atoms with van der Waals surface area (Å²) in [7, 11) is 0. The van der Waals surface area contributed by atoms with Crippen molar-refractivity contribution < 1.29 is 0 Å². The summed E-state index contributed by atoms with van der Waals surface area (Å²) in [5.74, 6) is 0.162. The second kappa shape index (κ2) is 9.55. The highest BCUT2D eigenvalue weighted by Gasteiger charge is 2.14. The standard InChI is InChI=1S/C28H25N5O/c1-28(2,3)23-15-13-21(14-16-23)20-11-9-19(10-12-20)18-30-33-27-31-25(22-7-5-4-6-8-22)24(17-29)26(34)32-27/h4-16,18H,1-3H3,(H2,31,32,33,34). The van der Waals surface area contributed by atoms with Gasteiger partial charge in [-0.2, -0.15) is 10.4 Å². The summed E-state index contributed by atoms with van der Waals surface area (Å²) in [4.78, 5) is 19.3. The van der Waals surface area contributed by atoms with Gasteiger partial charge in [0.2, 0.25) is 5.95 Å². The average molecular weight is 448 g/mol. The summed E-state index contributed by atoms with van der Waals surface area (Å²) in [6.45, 7) is 6.61. The first kappa shape index (κ1) is 22.7. The van der Waals surface area contributed by atoms with E-state index in [-0.39, 0.29) is 16.9 Å². The number of hydrogen-bond acceptors (Lipinski definition) is 5. The Labute approximate surface area is 198 Å². The predicted molar refractivity (Wildman–Crippen MR) is 137 cm³/mol. The first-order valence-electron chi connectivity index (χ1n) is 10.9. The Morgan fingerprint density at radius 2 is 1.53 bits per heavy atom. The minimum absolute atomic E-state index is 0.0353. The van der Waals surface area contributed by atoms with Gasteiger partial charge in [-0.05, 0) is 27.7 Å². The third-order valence-corrected chi connectivity index (χ3v) is 5.46. The highest BCUT2D eigenvalue weighted by atomic mass is 16.1. The van der Waals surface area contributed by atoms with Crippen LogP contribution in [-0.2, 0) is 5.41 Å². The zero-order chi connectivity index (χ0) is 24.1. The van der Waals surface area contributed by atoms with Crippen LogP contribution >= 0.6 is 0 Å². The van der Waals surface area contributed by atoms with E-state index in [9.17, 15) is 10.1 Å². The van der Waals surface area contributed by atoms with Crippen molar-refractivity contribution in [3.8, 4) is 28.5 Å². The van der Waals surface area contributed by atoms with Crippen LogP contribution < -0.4 is 11.0 Å². The summed E-state index contributed by atoms with van der Waals surface area (Å²) >= 11 is 0. The number of hydrazone groups is 1. The number of nitriles is 1. The Morgan fingerprint density at radius 1 is 0.912 bits per heavy atom. The van der Waals surface area contributed by atoms with E-state index in [1.165, 1.54) is 5.56 Å². The molecule has 0 aliphatic rings. The van der Waals surface area contributed by atoms with Crippen LogP contribution in [0.15, 0.2) is 88.8 Å². The molecule has 6 heteroatoms. The molecule has 4 aromatic rings. The lowest BCUT2D eigenvalue weighted by molar-refractivity contribution is 0.590. The fourth-order valence-electron chi connectivity index (χ4n) is 3.53. The van der Waals surface area contributed by atoms with Crippen LogP contribution in [0.2, 0.25) is 0 Å². The molecule has 4 rings (SSSR count). The van der Waals surface area contributed by atoms with Gasteiger partial charge in [0.1, 0.15) is 11.6 Å². The maximum atomic E-state index is 12.3. The van der Waals surface area contributed by atoms with Crippen LogP contribution in [0, 0.1) is 11.3 Å². The molecule has 0 bridgehead atoms. The van der Waals surface area contributed by atoms with Gasteiger partial charge in [0.15, 0.2) is 0 Å². The molecule has 0 aliphatic carbocycles. The van der Waals surface area contributed by atoms with E-state index >= 15 is 0 Å². The predicted octanol–water partition coefficient (Wildman–Crippen LogP) is 5.72. The van der Waals surface area contributed by atoms with E-state index in [1.54, 1.807) is 18.3 Å². The molecule has 1 heterocycles. The number of nitrogens with one attached hydrogen (secondary N) is 2. The molecule has 168 valence electrons. The molecule has 0 atom stereocenters. The average Bonchev–Trinajstić information content (AvgIpc) is 2.84. The number of benzene rings is 3. The minimum Gasteiger partial charge on any atom is -0.290 e. The van der Waals surface area contributed by atoms with E-state index in [0.29, 0.717) is 11.3 Å². The molecule has 0 saturated heterocycles. The summed E-state index contributed by atoms with van der Waals surface area (Å²) < 4.78 is 0. The quantitative estimate of drug-likeness (QED) is 0.302. The van der Waals surface area contributed by atoms with Crippen LogP contribution in [0.5, 0.6) is 0 Å². The van der Waals surface area contributed by atoms with Gasteiger partial charge in [-0.15, -0.1) is 0 Å². The van der Waals surface area contributed by atoms with Crippen molar-refractivity contribution in [1.29, 1.82) is 5.26 Å². The van der Waals surface area contributed by atoms with Crippen molar-refractivity contribution >= 4 is 12.2 Å². The van der Waals surface area contributed by atoms with E-state index < -0.39 is 5.56 Å². The zero-order valence-corrected chi connectivity index (χ0v) is 19.3. The molecular weight excluding hydrogens is 422 g/mol. The van der Waals surface area contributed by atoms with Crippen molar-refractivity contribution in [2.45, 2.75) is 26.2 Å². The van der Waals surface area contributed by atoms with Crippen molar-refractivity contribution in [3.63, 3.8) is 0 Å². The minimum atomic E-state index is -0.518. The number of nitrogens with zero attached hydrogens (tertiary/aromatic N) is 3. The van der Waals surface area contributed by atoms with Crippen molar-refractivity contribution in [2.75, 3.05) is 5.43 Å². The van der Waals surface area contributed by atoms with Gasteiger partial charge in [-0.3, -0.25) is 9.78 Å². The molecule has 3 aromatic carbocycles. The fourth-order valence-corrected chi connectivity index (χ4v) is 3.53. The normalized spacial score (nSPS) is 11.4. The van der Waals surface area contributed by atoms with Crippen molar-refractivity contribution in [1.82, 2.24) is 9.97 Å². The summed E-state index contributed by atoms with van der Waals surface area (Å²) in [5.41, 5.74) is 7.79. The van der Waals surface area contributed by atoms with Gasteiger partial charge >= 0.3 is 0 Å². The van der Waals surface area contributed by atoms with Gasteiger partial charge in [0, 0.05) is 5.56 Å². The molecule has 0 saturated carbocycles. The first-order valence-corrected chi connectivity index (χ1v) is 10.9. The van der Waals surface area contributed by atoms with Gasteiger partial charge in [0.25, 0.3) is 5.56 Å². The summed E-state index contributed by atoms with van der Waals surface area (Å²) in [6, 6.07) is 27.7. The van der Waals surface area contributed by atoms with Crippen LogP contribution in [-0.4, -0.2) is 16.2 Å². The molecule has 0 spiro atoms. The van der Waals surface area contributed by atoms with Crippen LogP contribution in [0.1, 0.15) is 37.5 Å². The van der Waals surface area contributed by atoms with Crippen molar-refractivity contribution in [2.24, 2.45) is 5.10 Å².